The summed E-state index contributed by atoms with van der Waals surface area (Å²) in [5.41, 5.74) is 3.01. The molecular formula is C17H17N5O2. The Labute approximate surface area is 139 Å². The number of hydrogen-bond acceptors (Lipinski definition) is 6. The zero-order valence-corrected chi connectivity index (χ0v) is 13.6. The maximum atomic E-state index is 12.3. The molecule has 1 amide bonds. The van der Waals surface area contributed by atoms with E-state index in [2.05, 4.69) is 25.4 Å². The van der Waals surface area contributed by atoms with Crippen LogP contribution < -0.4 is 5.32 Å². The molecule has 0 aromatic carbocycles. The van der Waals surface area contributed by atoms with Gasteiger partial charge in [0, 0.05) is 34.9 Å². The number of hydrogen-bond donors (Lipinski definition) is 1. The van der Waals surface area contributed by atoms with Crippen molar-refractivity contribution in [1.29, 1.82) is 0 Å². The average molecular weight is 323 g/mol. The fourth-order valence-electron chi connectivity index (χ4n) is 2.24. The van der Waals surface area contributed by atoms with E-state index < -0.39 is 6.04 Å². The summed E-state index contributed by atoms with van der Waals surface area (Å²) in [6.45, 7) is 5.52. The Morgan fingerprint density at radius 3 is 2.54 bits per heavy atom. The fraction of sp³-hybridized carbons (Fsp3) is 0.235. The van der Waals surface area contributed by atoms with E-state index in [0.717, 1.165) is 17.0 Å². The number of carbonyl (C=O) groups is 1. The van der Waals surface area contributed by atoms with Gasteiger partial charge >= 0.3 is 0 Å². The van der Waals surface area contributed by atoms with Gasteiger partial charge in [0.05, 0.1) is 0 Å². The SMILES string of the molecule is Cc1cc(C(=O)N[C@@H](C)c2nc(-c3ccnc(C)c3)no2)ccn1. The van der Waals surface area contributed by atoms with Crippen molar-refractivity contribution >= 4 is 5.91 Å². The van der Waals surface area contributed by atoms with Crippen molar-refractivity contribution in [2.75, 3.05) is 0 Å². The topological polar surface area (TPSA) is 93.8 Å². The van der Waals surface area contributed by atoms with Crippen LogP contribution in [-0.4, -0.2) is 26.0 Å². The number of carbonyl (C=O) groups excluding carboxylic acids is 1. The molecule has 0 aliphatic heterocycles. The Morgan fingerprint density at radius 2 is 1.83 bits per heavy atom. The first-order chi connectivity index (χ1) is 11.5. The number of rotatable bonds is 4. The van der Waals surface area contributed by atoms with Crippen molar-refractivity contribution in [2.45, 2.75) is 26.8 Å². The van der Waals surface area contributed by atoms with Gasteiger partial charge in [-0.1, -0.05) is 5.16 Å². The lowest BCUT2D eigenvalue weighted by Gasteiger charge is -2.09. The molecule has 1 N–H and O–H groups in total. The van der Waals surface area contributed by atoms with Gasteiger partial charge in [-0.25, -0.2) is 0 Å². The van der Waals surface area contributed by atoms with Gasteiger partial charge < -0.3 is 9.84 Å². The van der Waals surface area contributed by atoms with Gasteiger partial charge in [-0.05, 0) is 45.0 Å². The van der Waals surface area contributed by atoms with Crippen LogP contribution in [0.25, 0.3) is 11.4 Å². The monoisotopic (exact) mass is 323 g/mol. The molecule has 24 heavy (non-hydrogen) atoms. The Bertz CT molecular complexity index is 875. The average Bonchev–Trinajstić information content (AvgIpc) is 3.05. The van der Waals surface area contributed by atoms with Gasteiger partial charge in [-0.3, -0.25) is 14.8 Å². The molecule has 0 bridgehead atoms. The molecule has 0 fully saturated rings. The minimum absolute atomic E-state index is 0.215. The molecule has 3 heterocycles. The summed E-state index contributed by atoms with van der Waals surface area (Å²) in [6.07, 6.45) is 3.29. The number of nitrogens with zero attached hydrogens (tertiary/aromatic N) is 4. The lowest BCUT2D eigenvalue weighted by Crippen LogP contribution is -2.27. The summed E-state index contributed by atoms with van der Waals surface area (Å²) in [4.78, 5) is 24.8. The van der Waals surface area contributed by atoms with Crippen molar-refractivity contribution in [3.8, 4) is 11.4 Å². The second-order valence-electron chi connectivity index (χ2n) is 5.52. The number of aromatic nitrogens is 4. The quantitative estimate of drug-likeness (QED) is 0.793. The summed E-state index contributed by atoms with van der Waals surface area (Å²) >= 11 is 0. The lowest BCUT2D eigenvalue weighted by atomic mass is 10.2. The van der Waals surface area contributed by atoms with Crippen LogP contribution in [0.5, 0.6) is 0 Å². The molecule has 0 saturated heterocycles. The van der Waals surface area contributed by atoms with Crippen LogP contribution in [-0.2, 0) is 0 Å². The lowest BCUT2D eigenvalue weighted by molar-refractivity contribution is 0.0932. The minimum atomic E-state index is -0.407. The second kappa shape index (κ2) is 6.57. The Balaban J connectivity index is 1.74. The van der Waals surface area contributed by atoms with E-state index in [1.54, 1.807) is 31.5 Å². The number of pyridine rings is 2. The van der Waals surface area contributed by atoms with E-state index in [9.17, 15) is 4.79 Å². The number of aryl methyl sites for hydroxylation is 2. The van der Waals surface area contributed by atoms with E-state index in [0.29, 0.717) is 17.3 Å². The van der Waals surface area contributed by atoms with Gasteiger partial charge in [0.15, 0.2) is 0 Å². The van der Waals surface area contributed by atoms with Crippen LogP contribution in [0, 0.1) is 13.8 Å². The number of nitrogens with one attached hydrogen (secondary N) is 1. The second-order valence-corrected chi connectivity index (χ2v) is 5.52. The van der Waals surface area contributed by atoms with Crippen LogP contribution in [0.4, 0.5) is 0 Å². The van der Waals surface area contributed by atoms with E-state index in [1.807, 2.05) is 26.0 Å². The highest BCUT2D eigenvalue weighted by Gasteiger charge is 2.18. The van der Waals surface area contributed by atoms with Gasteiger partial charge in [0.25, 0.3) is 5.91 Å². The zero-order chi connectivity index (χ0) is 17.1. The van der Waals surface area contributed by atoms with Crippen molar-refractivity contribution in [2.24, 2.45) is 0 Å². The third-order valence-corrected chi connectivity index (χ3v) is 3.47. The maximum Gasteiger partial charge on any atom is 0.252 e. The molecule has 3 aromatic rings. The molecule has 7 heteroatoms. The van der Waals surface area contributed by atoms with Crippen LogP contribution in [0.2, 0.25) is 0 Å². The molecule has 0 spiro atoms. The Hall–Kier alpha value is -3.09. The smallest absolute Gasteiger partial charge is 0.252 e. The van der Waals surface area contributed by atoms with Crippen molar-refractivity contribution in [1.82, 2.24) is 25.4 Å². The molecule has 0 unspecified atom stereocenters. The highest BCUT2D eigenvalue weighted by molar-refractivity contribution is 5.94. The Kier molecular flexibility index (Phi) is 4.33. The standard InChI is InChI=1S/C17H17N5O2/c1-10-8-13(4-6-18-10)15-21-17(24-22-15)12(3)20-16(23)14-5-7-19-11(2)9-14/h4-9,12H,1-3H3,(H,20,23)/t12-/m0/s1. The van der Waals surface area contributed by atoms with Crippen LogP contribution >= 0.6 is 0 Å². The summed E-state index contributed by atoms with van der Waals surface area (Å²) in [5.74, 6) is 0.599. The first-order valence-electron chi connectivity index (χ1n) is 7.53. The number of amides is 1. The molecular weight excluding hydrogens is 306 g/mol. The summed E-state index contributed by atoms with van der Waals surface area (Å²) in [5, 5.41) is 6.81. The van der Waals surface area contributed by atoms with E-state index in [4.69, 9.17) is 4.52 Å². The fourth-order valence-corrected chi connectivity index (χ4v) is 2.24. The molecule has 3 aromatic heterocycles. The van der Waals surface area contributed by atoms with Crippen LogP contribution in [0.15, 0.2) is 41.2 Å². The molecule has 0 saturated carbocycles. The molecule has 0 aliphatic rings. The van der Waals surface area contributed by atoms with Crippen LogP contribution in [0.1, 0.15) is 40.6 Å². The predicted octanol–water partition coefficient (Wildman–Crippen LogP) is 2.63. The molecule has 122 valence electrons. The maximum absolute atomic E-state index is 12.3. The van der Waals surface area contributed by atoms with Gasteiger partial charge in [-0.2, -0.15) is 4.98 Å². The van der Waals surface area contributed by atoms with Gasteiger partial charge in [0.2, 0.25) is 11.7 Å². The van der Waals surface area contributed by atoms with Crippen molar-refractivity contribution in [3.63, 3.8) is 0 Å². The van der Waals surface area contributed by atoms with Crippen LogP contribution in [0.3, 0.4) is 0 Å². The highest BCUT2D eigenvalue weighted by Crippen LogP contribution is 2.19. The third kappa shape index (κ3) is 3.45. The third-order valence-electron chi connectivity index (χ3n) is 3.47. The molecule has 0 radical (unpaired) electrons. The molecule has 3 rings (SSSR count). The summed E-state index contributed by atoms with van der Waals surface area (Å²) in [6, 6.07) is 6.66. The van der Waals surface area contributed by atoms with E-state index in [-0.39, 0.29) is 5.91 Å². The molecule has 7 nitrogen and oxygen atoms in total. The van der Waals surface area contributed by atoms with Gasteiger partial charge in [0.1, 0.15) is 6.04 Å². The largest absolute Gasteiger partial charge is 0.341 e. The van der Waals surface area contributed by atoms with Crippen molar-refractivity contribution in [3.05, 3.63) is 59.5 Å². The highest BCUT2D eigenvalue weighted by atomic mass is 16.5. The molecule has 0 aliphatic carbocycles. The Morgan fingerprint density at radius 1 is 1.12 bits per heavy atom. The molecule has 1 atom stereocenters. The predicted molar refractivity (Wildman–Crippen MR) is 87.1 cm³/mol. The zero-order valence-electron chi connectivity index (χ0n) is 13.6. The first-order valence-corrected chi connectivity index (χ1v) is 7.53. The minimum Gasteiger partial charge on any atom is -0.341 e. The van der Waals surface area contributed by atoms with E-state index in [1.165, 1.54) is 0 Å². The van der Waals surface area contributed by atoms with Gasteiger partial charge in [-0.15, -0.1) is 0 Å². The first kappa shape index (κ1) is 15.8. The summed E-state index contributed by atoms with van der Waals surface area (Å²) in [7, 11) is 0. The van der Waals surface area contributed by atoms with Crippen molar-refractivity contribution < 1.29 is 9.32 Å². The normalized spacial score (nSPS) is 12.0. The van der Waals surface area contributed by atoms with E-state index >= 15 is 0 Å². The summed E-state index contributed by atoms with van der Waals surface area (Å²) < 4.78 is 5.27.